The number of aliphatic hydroxyl groups is 1. The molecule has 3 N–H and O–H groups in total. The molecule has 1 aliphatic rings. The third-order valence-corrected chi connectivity index (χ3v) is 3.62. The maximum atomic E-state index is 9.95. The van der Waals surface area contributed by atoms with Crippen LogP contribution >= 0.6 is 0 Å². The van der Waals surface area contributed by atoms with Gasteiger partial charge in [0, 0.05) is 12.3 Å². The van der Waals surface area contributed by atoms with Crippen LogP contribution in [0.1, 0.15) is 37.7 Å². The Morgan fingerprint density at radius 3 is 3.05 bits per heavy atom. The van der Waals surface area contributed by atoms with Gasteiger partial charge in [-0.3, -0.25) is 0 Å². The molecule has 1 fully saturated rings. The van der Waals surface area contributed by atoms with Crippen molar-refractivity contribution in [1.29, 1.82) is 0 Å². The van der Waals surface area contributed by atoms with E-state index in [0.717, 1.165) is 30.5 Å². The standard InChI is InChI=1S/C14H19N3O2/c1-9(18)14-16-12-7-10(15)4-5-13(12)17(14)11-3-2-6-19-8-11/h4-5,7,9,11,18H,2-3,6,8,15H2,1H3. The first kappa shape index (κ1) is 12.4. The molecule has 1 aliphatic heterocycles. The minimum atomic E-state index is -0.601. The summed E-state index contributed by atoms with van der Waals surface area (Å²) in [6.07, 6.45) is 1.49. The van der Waals surface area contributed by atoms with Crippen LogP contribution in [0, 0.1) is 0 Å². The molecule has 0 amide bonds. The Balaban J connectivity index is 2.15. The zero-order chi connectivity index (χ0) is 13.4. The van der Waals surface area contributed by atoms with E-state index in [1.165, 1.54) is 0 Å². The van der Waals surface area contributed by atoms with E-state index in [9.17, 15) is 5.11 Å². The van der Waals surface area contributed by atoms with Crippen LogP contribution in [-0.2, 0) is 4.74 Å². The predicted octanol–water partition coefficient (Wildman–Crippen LogP) is 2.02. The predicted molar refractivity (Wildman–Crippen MR) is 73.9 cm³/mol. The second-order valence-corrected chi connectivity index (χ2v) is 5.14. The summed E-state index contributed by atoms with van der Waals surface area (Å²) in [4.78, 5) is 4.53. The Morgan fingerprint density at radius 2 is 2.37 bits per heavy atom. The molecule has 1 saturated heterocycles. The van der Waals surface area contributed by atoms with Crippen molar-refractivity contribution in [2.45, 2.75) is 31.9 Å². The first-order valence-corrected chi connectivity index (χ1v) is 6.70. The van der Waals surface area contributed by atoms with Crippen LogP contribution in [0.5, 0.6) is 0 Å². The lowest BCUT2D eigenvalue weighted by molar-refractivity contribution is 0.0564. The smallest absolute Gasteiger partial charge is 0.138 e. The number of aliphatic hydroxyl groups excluding tert-OH is 1. The lowest BCUT2D eigenvalue weighted by Gasteiger charge is -2.26. The highest BCUT2D eigenvalue weighted by molar-refractivity contribution is 5.80. The van der Waals surface area contributed by atoms with Gasteiger partial charge in [0.25, 0.3) is 0 Å². The summed E-state index contributed by atoms with van der Waals surface area (Å²) >= 11 is 0. The molecular formula is C14H19N3O2. The summed E-state index contributed by atoms with van der Waals surface area (Å²) in [5.74, 6) is 0.691. The highest BCUT2D eigenvalue weighted by atomic mass is 16.5. The molecule has 1 aromatic heterocycles. The number of nitrogens with zero attached hydrogens (tertiary/aromatic N) is 2. The van der Waals surface area contributed by atoms with Crippen molar-refractivity contribution < 1.29 is 9.84 Å². The summed E-state index contributed by atoms with van der Waals surface area (Å²) in [5.41, 5.74) is 8.34. The third kappa shape index (κ3) is 2.19. The van der Waals surface area contributed by atoms with Crippen LogP contribution in [0.2, 0.25) is 0 Å². The number of anilines is 1. The highest BCUT2D eigenvalue weighted by Gasteiger charge is 2.23. The van der Waals surface area contributed by atoms with Crippen molar-refractivity contribution in [3.8, 4) is 0 Å². The number of rotatable bonds is 2. The fraction of sp³-hybridized carbons (Fsp3) is 0.500. The minimum Gasteiger partial charge on any atom is -0.399 e. The van der Waals surface area contributed by atoms with E-state index < -0.39 is 6.10 Å². The van der Waals surface area contributed by atoms with Crippen LogP contribution in [0.15, 0.2) is 18.2 Å². The molecule has 2 unspecified atom stereocenters. The van der Waals surface area contributed by atoms with Gasteiger partial charge in [0.15, 0.2) is 0 Å². The van der Waals surface area contributed by atoms with Gasteiger partial charge < -0.3 is 20.1 Å². The first-order chi connectivity index (χ1) is 9.16. The third-order valence-electron chi connectivity index (χ3n) is 3.62. The number of nitrogen functional groups attached to an aromatic ring is 1. The van der Waals surface area contributed by atoms with Gasteiger partial charge in [-0.1, -0.05) is 0 Å². The largest absolute Gasteiger partial charge is 0.399 e. The van der Waals surface area contributed by atoms with Gasteiger partial charge in [0.2, 0.25) is 0 Å². The topological polar surface area (TPSA) is 73.3 Å². The summed E-state index contributed by atoms with van der Waals surface area (Å²) in [5, 5.41) is 9.95. The molecule has 0 aliphatic carbocycles. The summed E-state index contributed by atoms with van der Waals surface area (Å²) in [7, 11) is 0. The fourth-order valence-corrected chi connectivity index (χ4v) is 2.74. The average molecular weight is 261 g/mol. The zero-order valence-corrected chi connectivity index (χ0v) is 11.0. The SMILES string of the molecule is CC(O)c1nc2cc(N)ccc2n1C1CCCOC1. The molecule has 2 heterocycles. The molecule has 1 aromatic carbocycles. The zero-order valence-electron chi connectivity index (χ0n) is 11.0. The average Bonchev–Trinajstić information content (AvgIpc) is 2.78. The monoisotopic (exact) mass is 261 g/mol. The second kappa shape index (κ2) is 4.83. The molecule has 0 saturated carbocycles. The van der Waals surface area contributed by atoms with Gasteiger partial charge in [-0.05, 0) is 38.0 Å². The van der Waals surface area contributed by atoms with Gasteiger partial charge in [-0.2, -0.15) is 0 Å². The van der Waals surface area contributed by atoms with Crippen molar-refractivity contribution in [2.24, 2.45) is 0 Å². The Kier molecular flexibility index (Phi) is 3.16. The summed E-state index contributed by atoms with van der Waals surface area (Å²) < 4.78 is 7.67. The summed E-state index contributed by atoms with van der Waals surface area (Å²) in [6, 6.07) is 5.93. The number of aromatic nitrogens is 2. The van der Waals surface area contributed by atoms with E-state index in [2.05, 4.69) is 9.55 Å². The van der Waals surface area contributed by atoms with Crippen LogP contribution in [0.25, 0.3) is 11.0 Å². The Hall–Kier alpha value is -1.59. The van der Waals surface area contributed by atoms with Crippen molar-refractivity contribution in [2.75, 3.05) is 18.9 Å². The number of fused-ring (bicyclic) bond motifs is 1. The first-order valence-electron chi connectivity index (χ1n) is 6.70. The number of hydrogen-bond donors (Lipinski definition) is 2. The number of imidazole rings is 1. The van der Waals surface area contributed by atoms with Crippen molar-refractivity contribution in [1.82, 2.24) is 9.55 Å². The minimum absolute atomic E-state index is 0.243. The molecule has 102 valence electrons. The molecule has 0 radical (unpaired) electrons. The van der Waals surface area contributed by atoms with E-state index >= 15 is 0 Å². The number of benzene rings is 1. The fourth-order valence-electron chi connectivity index (χ4n) is 2.74. The van der Waals surface area contributed by atoms with Gasteiger partial charge in [0.05, 0.1) is 23.7 Å². The van der Waals surface area contributed by atoms with E-state index in [0.29, 0.717) is 18.1 Å². The Morgan fingerprint density at radius 1 is 1.53 bits per heavy atom. The molecular weight excluding hydrogens is 242 g/mol. The maximum absolute atomic E-state index is 9.95. The van der Waals surface area contributed by atoms with Crippen LogP contribution in [0.3, 0.4) is 0 Å². The molecule has 3 rings (SSSR count). The van der Waals surface area contributed by atoms with Gasteiger partial charge in [-0.25, -0.2) is 4.98 Å². The molecule has 0 spiro atoms. The van der Waals surface area contributed by atoms with Gasteiger partial charge >= 0.3 is 0 Å². The molecule has 2 atom stereocenters. The lowest BCUT2D eigenvalue weighted by atomic mass is 10.1. The van der Waals surface area contributed by atoms with Crippen LogP contribution < -0.4 is 5.73 Å². The highest BCUT2D eigenvalue weighted by Crippen LogP contribution is 2.30. The van der Waals surface area contributed by atoms with Gasteiger partial charge in [-0.15, -0.1) is 0 Å². The second-order valence-electron chi connectivity index (χ2n) is 5.14. The Bertz CT molecular complexity index is 586. The van der Waals surface area contributed by atoms with Crippen LogP contribution in [-0.4, -0.2) is 27.9 Å². The van der Waals surface area contributed by atoms with Crippen molar-refractivity contribution in [3.63, 3.8) is 0 Å². The lowest BCUT2D eigenvalue weighted by Crippen LogP contribution is -2.23. The number of nitrogens with two attached hydrogens (primary N) is 1. The quantitative estimate of drug-likeness (QED) is 0.811. The Labute approximate surface area is 112 Å². The molecule has 5 heteroatoms. The molecule has 5 nitrogen and oxygen atoms in total. The number of ether oxygens (including phenoxy) is 1. The number of hydrogen-bond acceptors (Lipinski definition) is 4. The molecule has 19 heavy (non-hydrogen) atoms. The molecule has 2 aromatic rings. The van der Waals surface area contributed by atoms with E-state index in [1.807, 2.05) is 18.2 Å². The summed E-state index contributed by atoms with van der Waals surface area (Å²) in [6.45, 7) is 3.24. The van der Waals surface area contributed by atoms with Crippen LogP contribution in [0.4, 0.5) is 5.69 Å². The van der Waals surface area contributed by atoms with E-state index in [1.54, 1.807) is 6.92 Å². The van der Waals surface area contributed by atoms with Gasteiger partial charge in [0.1, 0.15) is 11.9 Å². The van der Waals surface area contributed by atoms with E-state index in [4.69, 9.17) is 10.5 Å². The maximum Gasteiger partial charge on any atom is 0.138 e. The van der Waals surface area contributed by atoms with E-state index in [-0.39, 0.29) is 6.04 Å². The normalized spacial score (nSPS) is 21.7. The molecule has 0 bridgehead atoms. The van der Waals surface area contributed by atoms with Crippen molar-refractivity contribution in [3.05, 3.63) is 24.0 Å². The van der Waals surface area contributed by atoms with Crippen molar-refractivity contribution >= 4 is 16.7 Å².